The Morgan fingerprint density at radius 1 is 1.46 bits per heavy atom. The normalized spacial score (nSPS) is 13.7. The molecule has 0 atom stereocenters. The molecule has 4 rings (SSSR count). The number of hydrogen-bond donors (Lipinski definition) is 0. The van der Waals surface area contributed by atoms with E-state index in [9.17, 15) is 10.1 Å². The maximum absolute atomic E-state index is 12.0. The number of hydrogen-bond acceptors (Lipinski definition) is 5. The van der Waals surface area contributed by atoms with Gasteiger partial charge in [-0.05, 0) is 50.8 Å². The largest absolute Gasteiger partial charge is 0.462 e. The number of benzene rings is 1. The molecule has 1 aromatic carbocycles. The Kier molecular flexibility index (Phi) is 4.25. The smallest absolute Gasteiger partial charge is 0.350 e. The molecule has 1 aliphatic rings. The zero-order chi connectivity index (χ0) is 18.3. The average molecular weight is 365 g/mol. The van der Waals surface area contributed by atoms with Crippen molar-refractivity contribution in [3.05, 3.63) is 40.5 Å². The highest BCUT2D eigenvalue weighted by Crippen LogP contribution is 2.35. The van der Waals surface area contributed by atoms with Crippen molar-refractivity contribution < 1.29 is 9.53 Å². The van der Waals surface area contributed by atoms with Crippen LogP contribution in [0.2, 0.25) is 0 Å². The fraction of sp³-hybridized carbons (Fsp3) is 0.350. The van der Waals surface area contributed by atoms with Gasteiger partial charge in [-0.25, -0.2) is 9.78 Å². The van der Waals surface area contributed by atoms with Crippen molar-refractivity contribution in [2.75, 3.05) is 6.61 Å². The topological polar surface area (TPSA) is 67.9 Å². The van der Waals surface area contributed by atoms with E-state index < -0.39 is 0 Å². The first kappa shape index (κ1) is 16.8. The average Bonchev–Trinajstić information content (AvgIpc) is 3.26. The van der Waals surface area contributed by atoms with Crippen molar-refractivity contribution in [2.45, 2.75) is 33.2 Å². The number of fused-ring (bicyclic) bond motifs is 1. The van der Waals surface area contributed by atoms with E-state index in [0.29, 0.717) is 22.7 Å². The van der Waals surface area contributed by atoms with Gasteiger partial charge < -0.3 is 9.30 Å². The number of ether oxygens (including phenoxy) is 1. The molecule has 132 valence electrons. The molecule has 0 unspecified atom stereocenters. The minimum Gasteiger partial charge on any atom is -0.462 e. The molecule has 2 aromatic heterocycles. The lowest BCUT2D eigenvalue weighted by Gasteiger charge is -2.04. The van der Waals surface area contributed by atoms with Gasteiger partial charge in [-0.2, -0.15) is 5.26 Å². The third-order valence-electron chi connectivity index (χ3n) is 4.66. The SMILES string of the molecule is CCOC(=O)c1sc(-c2ccc3c(c2)c(C#N)cn3CC2CC2)nc1C. The van der Waals surface area contributed by atoms with Crippen LogP contribution < -0.4 is 0 Å². The minimum absolute atomic E-state index is 0.330. The standard InChI is InChI=1S/C20H19N3O2S/c1-3-25-20(24)18-12(2)22-19(26-18)14-6-7-17-16(8-14)15(9-21)11-23(17)10-13-4-5-13/h6-8,11,13H,3-5,10H2,1-2H3. The number of aromatic nitrogens is 2. The highest BCUT2D eigenvalue weighted by atomic mass is 32.1. The number of carbonyl (C=O) groups is 1. The van der Waals surface area contributed by atoms with Crippen LogP contribution in [0.1, 0.15) is 40.7 Å². The summed E-state index contributed by atoms with van der Waals surface area (Å²) in [5.74, 6) is 0.411. The predicted octanol–water partition coefficient (Wildman–Crippen LogP) is 4.53. The number of aryl methyl sites for hydroxylation is 1. The maximum Gasteiger partial charge on any atom is 0.350 e. The number of rotatable bonds is 5. The molecule has 2 heterocycles. The maximum atomic E-state index is 12.0. The number of carbonyl (C=O) groups excluding carboxylic acids is 1. The van der Waals surface area contributed by atoms with Crippen molar-refractivity contribution in [2.24, 2.45) is 5.92 Å². The zero-order valence-corrected chi connectivity index (χ0v) is 15.6. The van der Waals surface area contributed by atoms with Gasteiger partial charge in [-0.3, -0.25) is 0 Å². The van der Waals surface area contributed by atoms with Gasteiger partial charge in [0.15, 0.2) is 0 Å². The second-order valence-electron chi connectivity index (χ2n) is 6.64. The summed E-state index contributed by atoms with van der Waals surface area (Å²) in [5.41, 5.74) is 3.36. The Bertz CT molecular complexity index is 1040. The number of nitriles is 1. The van der Waals surface area contributed by atoms with Gasteiger partial charge in [0.25, 0.3) is 0 Å². The molecule has 1 fully saturated rings. The lowest BCUT2D eigenvalue weighted by molar-refractivity contribution is 0.0531. The summed E-state index contributed by atoms with van der Waals surface area (Å²) in [6, 6.07) is 8.37. The second-order valence-corrected chi connectivity index (χ2v) is 7.64. The summed E-state index contributed by atoms with van der Waals surface area (Å²) >= 11 is 1.33. The molecule has 26 heavy (non-hydrogen) atoms. The lowest BCUT2D eigenvalue weighted by Crippen LogP contribution is -2.03. The molecular formula is C20H19N3O2S. The Morgan fingerprint density at radius 2 is 2.27 bits per heavy atom. The van der Waals surface area contributed by atoms with Crippen LogP contribution in [0.15, 0.2) is 24.4 Å². The monoisotopic (exact) mass is 365 g/mol. The Hall–Kier alpha value is -2.65. The fourth-order valence-corrected chi connectivity index (χ4v) is 4.11. The summed E-state index contributed by atoms with van der Waals surface area (Å²) in [4.78, 5) is 17.1. The van der Waals surface area contributed by atoms with Crippen LogP contribution in [0.5, 0.6) is 0 Å². The highest BCUT2D eigenvalue weighted by molar-refractivity contribution is 7.17. The summed E-state index contributed by atoms with van der Waals surface area (Å²) in [7, 11) is 0. The molecule has 0 bridgehead atoms. The van der Waals surface area contributed by atoms with Crippen LogP contribution in [-0.2, 0) is 11.3 Å². The van der Waals surface area contributed by atoms with E-state index in [1.165, 1.54) is 24.2 Å². The molecule has 0 spiro atoms. The molecule has 0 N–H and O–H groups in total. The van der Waals surface area contributed by atoms with Gasteiger partial charge >= 0.3 is 5.97 Å². The number of esters is 1. The van der Waals surface area contributed by atoms with Crippen LogP contribution in [0.25, 0.3) is 21.5 Å². The number of thiazole rings is 1. The van der Waals surface area contributed by atoms with E-state index in [2.05, 4.69) is 21.7 Å². The molecule has 5 nitrogen and oxygen atoms in total. The lowest BCUT2D eigenvalue weighted by atomic mass is 10.1. The van der Waals surface area contributed by atoms with Crippen molar-refractivity contribution in [1.82, 2.24) is 9.55 Å². The molecule has 6 heteroatoms. The first-order valence-electron chi connectivity index (χ1n) is 8.78. The van der Waals surface area contributed by atoms with E-state index in [-0.39, 0.29) is 5.97 Å². The molecule has 1 aliphatic carbocycles. The van der Waals surface area contributed by atoms with E-state index >= 15 is 0 Å². The van der Waals surface area contributed by atoms with Gasteiger partial charge in [0.1, 0.15) is 16.0 Å². The molecule has 3 aromatic rings. The van der Waals surface area contributed by atoms with Crippen LogP contribution in [-0.4, -0.2) is 22.1 Å². The summed E-state index contributed by atoms with van der Waals surface area (Å²) < 4.78 is 7.28. The zero-order valence-electron chi connectivity index (χ0n) is 14.8. The van der Waals surface area contributed by atoms with Crippen molar-refractivity contribution in [3.63, 3.8) is 0 Å². The Labute approximate surface area is 155 Å². The van der Waals surface area contributed by atoms with E-state index in [1.54, 1.807) is 6.92 Å². The van der Waals surface area contributed by atoms with Crippen LogP contribution in [0.3, 0.4) is 0 Å². The molecule has 0 amide bonds. The first-order valence-corrected chi connectivity index (χ1v) is 9.60. The van der Waals surface area contributed by atoms with Crippen molar-refractivity contribution in [1.29, 1.82) is 5.26 Å². The Balaban J connectivity index is 1.75. The van der Waals surface area contributed by atoms with Gasteiger partial charge in [0.2, 0.25) is 0 Å². The molecule has 0 aliphatic heterocycles. The quantitative estimate of drug-likeness (QED) is 0.623. The van der Waals surface area contributed by atoms with Crippen molar-refractivity contribution >= 4 is 28.2 Å². The van der Waals surface area contributed by atoms with E-state index in [4.69, 9.17) is 4.74 Å². The fourth-order valence-electron chi connectivity index (χ4n) is 3.15. The van der Waals surface area contributed by atoms with Crippen LogP contribution in [0, 0.1) is 24.2 Å². The highest BCUT2D eigenvalue weighted by Gasteiger charge is 2.23. The molecule has 0 saturated heterocycles. The molecule has 0 radical (unpaired) electrons. The predicted molar refractivity (Wildman–Crippen MR) is 101 cm³/mol. The summed E-state index contributed by atoms with van der Waals surface area (Å²) in [6.07, 6.45) is 4.49. The van der Waals surface area contributed by atoms with Crippen LogP contribution >= 0.6 is 11.3 Å². The van der Waals surface area contributed by atoms with Gasteiger partial charge in [-0.1, -0.05) is 0 Å². The minimum atomic E-state index is -0.330. The molecule has 1 saturated carbocycles. The van der Waals surface area contributed by atoms with Crippen molar-refractivity contribution in [3.8, 4) is 16.6 Å². The first-order chi connectivity index (χ1) is 12.6. The second kappa shape index (κ2) is 6.58. The van der Waals surface area contributed by atoms with E-state index in [1.807, 2.05) is 25.3 Å². The molecular weight excluding hydrogens is 346 g/mol. The van der Waals surface area contributed by atoms with Gasteiger partial charge in [0, 0.05) is 29.2 Å². The summed E-state index contributed by atoms with van der Waals surface area (Å²) in [5, 5.41) is 11.2. The van der Waals surface area contributed by atoms with Gasteiger partial charge in [0.05, 0.1) is 17.9 Å². The third-order valence-corrected chi connectivity index (χ3v) is 5.84. The number of nitrogens with zero attached hydrogens (tertiary/aromatic N) is 3. The summed E-state index contributed by atoms with van der Waals surface area (Å²) in [6.45, 7) is 4.93. The van der Waals surface area contributed by atoms with Crippen LogP contribution in [0.4, 0.5) is 0 Å². The third kappa shape index (κ3) is 2.99. The van der Waals surface area contributed by atoms with E-state index in [0.717, 1.165) is 33.9 Å². The van der Waals surface area contributed by atoms with Gasteiger partial charge in [-0.15, -0.1) is 11.3 Å². The Morgan fingerprint density at radius 3 is 2.96 bits per heavy atom.